The Morgan fingerprint density at radius 2 is 2.20 bits per heavy atom. The number of hydrogen-bond acceptors (Lipinski definition) is 6. The predicted molar refractivity (Wildman–Crippen MR) is 115 cm³/mol. The molecule has 1 atom stereocenters. The number of allylic oxidation sites excluding steroid dienone is 1. The first kappa shape index (κ1) is 18.4. The van der Waals surface area contributed by atoms with Gasteiger partial charge in [-0.2, -0.15) is 0 Å². The number of thioether (sulfide) groups is 2. The van der Waals surface area contributed by atoms with Gasteiger partial charge in [-0.05, 0) is 36.3 Å². The summed E-state index contributed by atoms with van der Waals surface area (Å²) in [5.41, 5.74) is 8.93. The fourth-order valence-corrected chi connectivity index (χ4v) is 5.22. The molecule has 2 heterocycles. The third kappa shape index (κ3) is 5.06. The Labute approximate surface area is 162 Å². The second-order valence-electron chi connectivity index (χ2n) is 5.78. The van der Waals surface area contributed by atoms with Crippen LogP contribution >= 0.6 is 34.9 Å². The smallest absolute Gasteiger partial charge is 0.129 e. The fraction of sp³-hybridized carbons (Fsp3) is 0.316. The summed E-state index contributed by atoms with van der Waals surface area (Å²) in [5.74, 6) is 2.17. The molecule has 0 unspecified atom stereocenters. The number of rotatable bonds is 8. The Bertz CT molecular complexity index is 750. The van der Waals surface area contributed by atoms with Crippen molar-refractivity contribution in [2.75, 3.05) is 17.2 Å². The first-order valence-corrected chi connectivity index (χ1v) is 11.2. The maximum atomic E-state index is 5.81. The number of nitrogens with one attached hydrogen (secondary N) is 1. The molecule has 0 aliphatic carbocycles. The number of hydrogen-bond donors (Lipinski definition) is 2. The Kier molecular flexibility index (Phi) is 6.51. The van der Waals surface area contributed by atoms with Crippen LogP contribution in [0.1, 0.15) is 35.7 Å². The lowest BCUT2D eigenvalue weighted by molar-refractivity contribution is 0.600. The molecule has 2 aromatic rings. The molecule has 1 aliphatic rings. The summed E-state index contributed by atoms with van der Waals surface area (Å²) in [6.07, 6.45) is 4.30. The van der Waals surface area contributed by atoms with E-state index in [0.717, 1.165) is 40.0 Å². The van der Waals surface area contributed by atoms with Gasteiger partial charge in [0, 0.05) is 21.7 Å². The Morgan fingerprint density at radius 3 is 2.88 bits per heavy atom. The van der Waals surface area contributed by atoms with Crippen LogP contribution in [0.4, 0.5) is 5.69 Å². The van der Waals surface area contributed by atoms with Crippen molar-refractivity contribution in [3.05, 3.63) is 63.6 Å². The molecule has 0 saturated carbocycles. The van der Waals surface area contributed by atoms with E-state index in [0.29, 0.717) is 0 Å². The molecule has 1 aromatic carbocycles. The average Bonchev–Trinajstić information content (AvgIpc) is 3.28. The zero-order chi connectivity index (χ0) is 17.6. The average molecular weight is 390 g/mol. The van der Waals surface area contributed by atoms with Crippen LogP contribution in [0.5, 0.6) is 0 Å². The fourth-order valence-electron chi connectivity index (χ4n) is 2.66. The zero-order valence-electron chi connectivity index (χ0n) is 14.3. The van der Waals surface area contributed by atoms with Crippen LogP contribution in [0.15, 0.2) is 47.3 Å². The standard InChI is InChI=1S/C19H23N3S3/c1-3-23-13(2)21-16(11-14-6-8-15(20)9-7-14)17-12-25-19(22-17)18-5-4-10-24-18/h5-9,12,16,21H,2-4,10-11,20H2,1H3/t16-/m0/s1. The number of benzene rings is 1. The minimum atomic E-state index is 0.118. The highest BCUT2D eigenvalue weighted by Gasteiger charge is 2.19. The molecule has 1 aliphatic heterocycles. The highest BCUT2D eigenvalue weighted by atomic mass is 32.2. The maximum Gasteiger partial charge on any atom is 0.129 e. The SMILES string of the molecule is C=C(N[C@@H](Cc1ccc(N)cc1)c1csc(C2=CCCS2)n1)SCC. The van der Waals surface area contributed by atoms with Crippen molar-refractivity contribution in [1.82, 2.24) is 10.3 Å². The number of nitrogen functional groups attached to an aromatic ring is 1. The van der Waals surface area contributed by atoms with Crippen LogP contribution < -0.4 is 11.1 Å². The van der Waals surface area contributed by atoms with Gasteiger partial charge in [0.05, 0.1) is 16.8 Å². The van der Waals surface area contributed by atoms with E-state index in [1.54, 1.807) is 23.1 Å². The summed E-state index contributed by atoms with van der Waals surface area (Å²) in [7, 11) is 0. The topological polar surface area (TPSA) is 50.9 Å². The van der Waals surface area contributed by atoms with Gasteiger partial charge in [-0.3, -0.25) is 0 Å². The van der Waals surface area contributed by atoms with E-state index in [-0.39, 0.29) is 6.04 Å². The quantitative estimate of drug-likeness (QED) is 0.600. The van der Waals surface area contributed by atoms with Crippen LogP contribution in [0.25, 0.3) is 4.91 Å². The minimum absolute atomic E-state index is 0.118. The van der Waals surface area contributed by atoms with Crippen molar-refractivity contribution in [3.8, 4) is 0 Å². The molecule has 0 spiro atoms. The van der Waals surface area contributed by atoms with E-state index < -0.39 is 0 Å². The molecule has 0 radical (unpaired) electrons. The molecule has 3 nitrogen and oxygen atoms in total. The van der Waals surface area contributed by atoms with Crippen molar-refractivity contribution in [2.24, 2.45) is 0 Å². The van der Waals surface area contributed by atoms with Crippen LogP contribution in [-0.2, 0) is 6.42 Å². The Morgan fingerprint density at radius 1 is 1.40 bits per heavy atom. The highest BCUT2D eigenvalue weighted by molar-refractivity contribution is 8.08. The van der Waals surface area contributed by atoms with Crippen LogP contribution in [-0.4, -0.2) is 16.5 Å². The summed E-state index contributed by atoms with van der Waals surface area (Å²) < 4.78 is 0. The minimum Gasteiger partial charge on any atom is -0.399 e. The first-order chi connectivity index (χ1) is 12.2. The molecule has 6 heteroatoms. The van der Waals surface area contributed by atoms with Crippen molar-refractivity contribution in [3.63, 3.8) is 0 Å². The largest absolute Gasteiger partial charge is 0.399 e. The monoisotopic (exact) mass is 389 g/mol. The molecular formula is C19H23N3S3. The van der Waals surface area contributed by atoms with Crippen molar-refractivity contribution < 1.29 is 0 Å². The molecule has 3 N–H and O–H groups in total. The number of nitrogens with zero attached hydrogens (tertiary/aromatic N) is 1. The van der Waals surface area contributed by atoms with E-state index in [1.165, 1.54) is 16.2 Å². The Balaban J connectivity index is 1.79. The second kappa shape index (κ2) is 8.83. The molecule has 0 fully saturated rings. The molecule has 3 rings (SSSR count). The summed E-state index contributed by atoms with van der Waals surface area (Å²) in [6, 6.07) is 8.19. The summed E-state index contributed by atoms with van der Waals surface area (Å²) in [5, 5.41) is 7.86. The van der Waals surface area contributed by atoms with E-state index >= 15 is 0 Å². The van der Waals surface area contributed by atoms with Gasteiger partial charge >= 0.3 is 0 Å². The van der Waals surface area contributed by atoms with Gasteiger partial charge in [-0.15, -0.1) is 34.9 Å². The van der Waals surface area contributed by atoms with Crippen molar-refractivity contribution in [1.29, 1.82) is 0 Å². The van der Waals surface area contributed by atoms with E-state index in [1.807, 2.05) is 23.9 Å². The van der Waals surface area contributed by atoms with E-state index in [9.17, 15) is 0 Å². The number of aromatic nitrogens is 1. The summed E-state index contributed by atoms with van der Waals surface area (Å²) >= 11 is 5.37. The lowest BCUT2D eigenvalue weighted by Crippen LogP contribution is -2.21. The summed E-state index contributed by atoms with van der Waals surface area (Å²) in [4.78, 5) is 6.23. The molecular weight excluding hydrogens is 366 g/mol. The predicted octanol–water partition coefficient (Wildman–Crippen LogP) is 5.30. The Hall–Kier alpha value is -1.37. The normalized spacial score (nSPS) is 15.0. The van der Waals surface area contributed by atoms with Gasteiger partial charge in [-0.1, -0.05) is 31.7 Å². The van der Waals surface area contributed by atoms with E-state index in [2.05, 4.69) is 42.4 Å². The number of nitrogens with two attached hydrogens (primary N) is 1. The molecule has 0 amide bonds. The number of thiazole rings is 1. The molecule has 1 aromatic heterocycles. The molecule has 25 heavy (non-hydrogen) atoms. The lowest BCUT2D eigenvalue weighted by Gasteiger charge is -2.19. The van der Waals surface area contributed by atoms with Gasteiger partial charge in [-0.25, -0.2) is 4.98 Å². The van der Waals surface area contributed by atoms with Crippen LogP contribution in [0.2, 0.25) is 0 Å². The first-order valence-electron chi connectivity index (χ1n) is 8.37. The highest BCUT2D eigenvalue weighted by Crippen LogP contribution is 2.36. The van der Waals surface area contributed by atoms with Gasteiger partial charge in [0.25, 0.3) is 0 Å². The lowest BCUT2D eigenvalue weighted by atomic mass is 10.0. The van der Waals surface area contributed by atoms with Crippen molar-refractivity contribution in [2.45, 2.75) is 25.8 Å². The summed E-state index contributed by atoms with van der Waals surface area (Å²) in [6.45, 7) is 6.28. The zero-order valence-corrected chi connectivity index (χ0v) is 16.8. The van der Waals surface area contributed by atoms with Gasteiger partial charge in [0.1, 0.15) is 5.01 Å². The molecule has 132 valence electrons. The van der Waals surface area contributed by atoms with Crippen LogP contribution in [0, 0.1) is 0 Å². The van der Waals surface area contributed by atoms with Crippen molar-refractivity contribution >= 4 is 45.5 Å². The van der Waals surface area contributed by atoms with Gasteiger partial charge < -0.3 is 11.1 Å². The van der Waals surface area contributed by atoms with Gasteiger partial charge in [0.2, 0.25) is 0 Å². The number of anilines is 1. The molecule has 0 bridgehead atoms. The third-order valence-corrected chi connectivity index (χ3v) is 6.76. The van der Waals surface area contributed by atoms with E-state index in [4.69, 9.17) is 10.7 Å². The van der Waals surface area contributed by atoms with Gasteiger partial charge in [0.15, 0.2) is 0 Å². The van der Waals surface area contributed by atoms with Crippen LogP contribution in [0.3, 0.4) is 0 Å². The third-order valence-electron chi connectivity index (χ3n) is 3.87. The second-order valence-corrected chi connectivity index (χ2v) is 9.14. The maximum absolute atomic E-state index is 5.81. The molecule has 0 saturated heterocycles.